The zero-order chi connectivity index (χ0) is 26.6. The van der Waals surface area contributed by atoms with E-state index in [4.69, 9.17) is 16.3 Å². The molecule has 2 N–H and O–H groups in total. The summed E-state index contributed by atoms with van der Waals surface area (Å²) in [5, 5.41) is 5.39. The molecule has 188 valence electrons. The van der Waals surface area contributed by atoms with Crippen molar-refractivity contribution in [2.45, 2.75) is 0 Å². The number of halogens is 3. The average Bonchev–Trinajstić information content (AvgIpc) is 3.32. The first-order valence-electron chi connectivity index (χ1n) is 11.4. The van der Waals surface area contributed by atoms with Gasteiger partial charge in [-0.15, -0.1) is 0 Å². The van der Waals surface area contributed by atoms with Crippen molar-refractivity contribution in [2.24, 2.45) is 5.10 Å². The first-order chi connectivity index (χ1) is 18.4. The van der Waals surface area contributed by atoms with Gasteiger partial charge in [-0.25, -0.2) is 10.2 Å². The van der Waals surface area contributed by atoms with E-state index in [-0.39, 0.29) is 11.3 Å². The van der Waals surface area contributed by atoms with Crippen LogP contribution in [0.5, 0.6) is 5.75 Å². The van der Waals surface area contributed by atoms with Gasteiger partial charge in [-0.3, -0.25) is 4.79 Å². The molecule has 0 aliphatic rings. The fourth-order valence-electron chi connectivity index (χ4n) is 3.97. The topological polar surface area (TPSA) is 83.5 Å². The lowest BCUT2D eigenvalue weighted by Gasteiger charge is -2.09. The Morgan fingerprint density at radius 2 is 1.74 bits per heavy atom. The molecule has 0 saturated carbocycles. The molecular weight excluding hydrogens is 681 g/mol. The van der Waals surface area contributed by atoms with Gasteiger partial charge in [-0.2, -0.15) is 5.10 Å². The monoisotopic (exact) mass is 697 g/mol. The molecule has 1 amide bonds. The van der Waals surface area contributed by atoms with E-state index < -0.39 is 11.9 Å². The average molecular weight is 699 g/mol. The lowest BCUT2D eigenvalue weighted by Crippen LogP contribution is -2.19. The van der Waals surface area contributed by atoms with E-state index in [1.807, 2.05) is 48.5 Å². The second-order valence-corrected chi connectivity index (χ2v) is 10.6. The molecule has 0 radical (unpaired) electrons. The minimum absolute atomic E-state index is 0.246. The first-order valence-corrected chi connectivity index (χ1v) is 13.6. The summed E-state index contributed by atoms with van der Waals surface area (Å²) < 4.78 is 7.33. The number of hydrogen-bond acceptors (Lipinski definition) is 4. The Hall–Kier alpha value is -3.47. The van der Waals surface area contributed by atoms with Crippen LogP contribution in [0.3, 0.4) is 0 Å². The van der Waals surface area contributed by atoms with Crippen LogP contribution in [0.25, 0.3) is 22.0 Å². The van der Waals surface area contributed by atoms with Crippen LogP contribution in [0, 0.1) is 3.57 Å². The molecule has 4 aromatic carbocycles. The summed E-state index contributed by atoms with van der Waals surface area (Å²) in [5.74, 6) is -0.741. The quantitative estimate of drug-likeness (QED) is 0.0624. The second-order valence-electron chi connectivity index (χ2n) is 8.15. The van der Waals surface area contributed by atoms with Gasteiger partial charge in [0.2, 0.25) is 0 Å². The molecule has 1 aromatic heterocycles. The van der Waals surface area contributed by atoms with Crippen molar-refractivity contribution in [2.75, 3.05) is 0 Å². The number of nitrogens with zero attached hydrogens (tertiary/aromatic N) is 1. The van der Waals surface area contributed by atoms with Crippen molar-refractivity contribution < 1.29 is 14.3 Å². The normalized spacial score (nSPS) is 11.1. The number of nitrogens with one attached hydrogen (secondary N) is 2. The Bertz CT molecular complexity index is 1700. The van der Waals surface area contributed by atoms with Gasteiger partial charge >= 0.3 is 5.97 Å². The van der Waals surface area contributed by atoms with E-state index >= 15 is 0 Å². The number of ether oxygens (including phenoxy) is 1. The Labute approximate surface area is 245 Å². The first kappa shape index (κ1) is 26.1. The van der Waals surface area contributed by atoms with E-state index in [0.29, 0.717) is 16.3 Å². The number of para-hydroxylation sites is 1. The number of rotatable bonds is 6. The van der Waals surface area contributed by atoms with Crippen LogP contribution < -0.4 is 10.2 Å². The number of amides is 1. The van der Waals surface area contributed by atoms with Gasteiger partial charge in [-0.05, 0) is 64.6 Å². The number of esters is 1. The molecule has 9 heteroatoms. The van der Waals surface area contributed by atoms with Crippen LogP contribution in [0.15, 0.2) is 101 Å². The Kier molecular flexibility index (Phi) is 7.92. The molecule has 0 spiro atoms. The van der Waals surface area contributed by atoms with Crippen LogP contribution in [-0.2, 0) is 0 Å². The fraction of sp³-hybridized carbons (Fsp3) is 0. The molecule has 5 aromatic rings. The minimum atomic E-state index is -0.600. The molecule has 0 bridgehead atoms. The maximum atomic E-state index is 13.3. The van der Waals surface area contributed by atoms with Gasteiger partial charge in [-0.1, -0.05) is 82.1 Å². The van der Waals surface area contributed by atoms with Crippen molar-refractivity contribution in [1.82, 2.24) is 10.4 Å². The van der Waals surface area contributed by atoms with Gasteiger partial charge in [0.1, 0.15) is 11.4 Å². The Morgan fingerprint density at radius 1 is 0.974 bits per heavy atom. The van der Waals surface area contributed by atoms with Gasteiger partial charge in [0.25, 0.3) is 5.91 Å². The van der Waals surface area contributed by atoms with Gasteiger partial charge in [0, 0.05) is 24.6 Å². The molecule has 0 atom stereocenters. The summed E-state index contributed by atoms with van der Waals surface area (Å²) in [4.78, 5) is 29.2. The van der Waals surface area contributed by atoms with Crippen LogP contribution in [0.2, 0.25) is 5.02 Å². The van der Waals surface area contributed by atoms with Crippen molar-refractivity contribution in [3.8, 4) is 16.9 Å². The van der Waals surface area contributed by atoms with E-state index in [2.05, 4.69) is 54.0 Å². The molecule has 1 heterocycles. The fourth-order valence-corrected chi connectivity index (χ4v) is 5.19. The highest BCUT2D eigenvalue weighted by Crippen LogP contribution is 2.34. The third-order valence-electron chi connectivity index (χ3n) is 5.71. The number of aromatic amines is 1. The largest absolute Gasteiger partial charge is 0.422 e. The lowest BCUT2D eigenvalue weighted by atomic mass is 10.0. The van der Waals surface area contributed by atoms with Crippen molar-refractivity contribution in [1.29, 1.82) is 0 Å². The zero-order valence-electron chi connectivity index (χ0n) is 19.5. The maximum absolute atomic E-state index is 13.3. The molecule has 38 heavy (non-hydrogen) atoms. The number of carbonyl (C=O) groups is 2. The molecule has 0 aliphatic carbocycles. The Morgan fingerprint density at radius 3 is 2.53 bits per heavy atom. The summed E-state index contributed by atoms with van der Waals surface area (Å²) in [7, 11) is 0. The maximum Gasteiger partial charge on any atom is 0.345 e. The number of hydrogen-bond donors (Lipinski definition) is 2. The summed E-state index contributed by atoms with van der Waals surface area (Å²) in [6.45, 7) is 0. The third-order valence-corrected chi connectivity index (χ3v) is 7.43. The molecule has 0 saturated heterocycles. The van der Waals surface area contributed by atoms with E-state index in [1.54, 1.807) is 42.5 Å². The summed E-state index contributed by atoms with van der Waals surface area (Å²) in [6.07, 6.45) is 1.42. The van der Waals surface area contributed by atoms with E-state index in [0.717, 1.165) is 30.1 Å². The highest BCUT2D eigenvalue weighted by molar-refractivity contribution is 14.1. The number of H-pyrrole nitrogens is 1. The molecular formula is C29H18BrClIN3O3. The number of carbonyl (C=O) groups excluding carboxylic acids is 2. The molecule has 6 nitrogen and oxygen atoms in total. The van der Waals surface area contributed by atoms with Crippen LogP contribution >= 0.6 is 50.1 Å². The minimum Gasteiger partial charge on any atom is -0.422 e. The van der Waals surface area contributed by atoms with Crippen molar-refractivity contribution >= 4 is 79.1 Å². The zero-order valence-corrected chi connectivity index (χ0v) is 24.0. The predicted octanol–water partition coefficient (Wildman–Crippen LogP) is 7.84. The van der Waals surface area contributed by atoms with E-state index in [9.17, 15) is 9.59 Å². The van der Waals surface area contributed by atoms with Gasteiger partial charge in [0.15, 0.2) is 0 Å². The van der Waals surface area contributed by atoms with Crippen LogP contribution in [-0.4, -0.2) is 23.1 Å². The number of aromatic nitrogens is 1. The van der Waals surface area contributed by atoms with Crippen molar-refractivity contribution in [3.05, 3.63) is 121 Å². The summed E-state index contributed by atoms with van der Waals surface area (Å²) in [5.41, 5.74) is 6.31. The molecule has 0 fully saturated rings. The molecule has 5 rings (SSSR count). The predicted molar refractivity (Wildman–Crippen MR) is 162 cm³/mol. The summed E-state index contributed by atoms with van der Waals surface area (Å²) in [6, 6.07) is 27.4. The third kappa shape index (κ3) is 5.52. The standard InChI is InChI=1S/C29H18BrClIN3O3/c30-19-13-14-24(38-29(37)20-9-4-5-11-22(20)31)18(15-19)16-33-35-28(36)27-25(17-7-2-1-3-8-17)21-10-6-12-23(32)26(21)34-27/h1-16,34H,(H,35,36). The highest BCUT2D eigenvalue weighted by atomic mass is 127. The molecule has 0 unspecified atom stereocenters. The lowest BCUT2D eigenvalue weighted by molar-refractivity contribution is 0.0734. The van der Waals surface area contributed by atoms with Crippen LogP contribution in [0.1, 0.15) is 26.4 Å². The smallest absolute Gasteiger partial charge is 0.345 e. The highest BCUT2D eigenvalue weighted by Gasteiger charge is 2.20. The van der Waals surface area contributed by atoms with Gasteiger partial charge < -0.3 is 9.72 Å². The number of fused-ring (bicyclic) bond motifs is 1. The number of hydrazone groups is 1. The molecule has 0 aliphatic heterocycles. The summed E-state index contributed by atoms with van der Waals surface area (Å²) >= 11 is 11.8. The van der Waals surface area contributed by atoms with Crippen molar-refractivity contribution in [3.63, 3.8) is 0 Å². The Balaban J connectivity index is 1.42. The SMILES string of the molecule is O=C(Oc1ccc(Br)cc1C=NNC(=O)c1[nH]c2c(I)cccc2c1-c1ccccc1)c1ccccc1Cl. The van der Waals surface area contributed by atoms with Gasteiger partial charge in [0.05, 0.1) is 22.3 Å². The number of benzene rings is 4. The van der Waals surface area contributed by atoms with Crippen LogP contribution in [0.4, 0.5) is 0 Å². The van der Waals surface area contributed by atoms with E-state index in [1.165, 1.54) is 6.21 Å². The second kappa shape index (κ2) is 11.5.